The van der Waals surface area contributed by atoms with Crippen LogP contribution in [0.3, 0.4) is 0 Å². The third-order valence-electron chi connectivity index (χ3n) is 4.05. The largest absolute Gasteiger partial charge is 0.486 e. The van der Waals surface area contributed by atoms with Gasteiger partial charge in [0.25, 0.3) is 5.91 Å². The molecule has 1 saturated heterocycles. The summed E-state index contributed by atoms with van der Waals surface area (Å²) in [7, 11) is 0. The van der Waals surface area contributed by atoms with E-state index in [1.807, 2.05) is 49.4 Å². The van der Waals surface area contributed by atoms with Crippen molar-refractivity contribution in [3.8, 4) is 11.5 Å². The van der Waals surface area contributed by atoms with Gasteiger partial charge < -0.3 is 9.47 Å². The first-order chi connectivity index (χ1) is 12.1. The average Bonchev–Trinajstić information content (AvgIpc) is 2.90. The molecule has 4 nitrogen and oxygen atoms in total. The van der Waals surface area contributed by atoms with Crippen LogP contribution in [-0.4, -0.2) is 23.4 Å². The van der Waals surface area contributed by atoms with Gasteiger partial charge in [0.05, 0.1) is 10.6 Å². The molecule has 1 amide bonds. The minimum absolute atomic E-state index is 0.116. The minimum Gasteiger partial charge on any atom is -0.486 e. The van der Waals surface area contributed by atoms with E-state index in [2.05, 4.69) is 0 Å². The van der Waals surface area contributed by atoms with Gasteiger partial charge in [-0.15, -0.1) is 0 Å². The van der Waals surface area contributed by atoms with E-state index in [1.165, 1.54) is 11.8 Å². The first-order valence-corrected chi connectivity index (χ1v) is 9.09. The number of thiocarbonyl (C=S) groups is 1. The summed E-state index contributed by atoms with van der Waals surface area (Å²) in [6.45, 7) is 3.06. The lowest BCUT2D eigenvalue weighted by Gasteiger charge is -2.21. The highest BCUT2D eigenvalue weighted by Crippen LogP contribution is 2.40. The third kappa shape index (κ3) is 3.03. The molecule has 1 fully saturated rings. The number of aryl methyl sites for hydroxylation is 1. The molecule has 0 aliphatic carbocycles. The minimum atomic E-state index is -0.116. The van der Waals surface area contributed by atoms with E-state index in [4.69, 9.17) is 21.7 Å². The van der Waals surface area contributed by atoms with Gasteiger partial charge in [-0.25, -0.2) is 0 Å². The van der Waals surface area contributed by atoms with Crippen LogP contribution in [-0.2, 0) is 4.79 Å². The molecule has 0 spiro atoms. The smallest absolute Gasteiger partial charge is 0.270 e. The van der Waals surface area contributed by atoms with Gasteiger partial charge in [-0.1, -0.05) is 48.2 Å². The summed E-state index contributed by atoms with van der Waals surface area (Å²) < 4.78 is 11.7. The standard InChI is InChI=1S/C19H15NO3S2/c1-12-4-2-3-5-13(12)10-17-18(21)20(19(24)25-17)14-6-7-15-16(11-14)23-9-8-22-15/h2-7,10-11H,8-9H2,1H3. The highest BCUT2D eigenvalue weighted by molar-refractivity contribution is 8.27. The molecule has 2 heterocycles. The van der Waals surface area contributed by atoms with Gasteiger partial charge >= 0.3 is 0 Å². The van der Waals surface area contributed by atoms with Crippen molar-refractivity contribution in [2.45, 2.75) is 6.92 Å². The summed E-state index contributed by atoms with van der Waals surface area (Å²) in [5.74, 6) is 1.21. The number of fused-ring (bicyclic) bond motifs is 1. The first kappa shape index (κ1) is 16.2. The van der Waals surface area contributed by atoms with Crippen LogP contribution in [0, 0.1) is 6.92 Å². The molecule has 126 valence electrons. The van der Waals surface area contributed by atoms with Gasteiger partial charge in [-0.3, -0.25) is 9.69 Å². The molecule has 0 atom stereocenters. The molecule has 2 aromatic carbocycles. The van der Waals surface area contributed by atoms with Crippen LogP contribution in [0.2, 0.25) is 0 Å². The molecule has 0 aromatic heterocycles. The second-order valence-electron chi connectivity index (χ2n) is 5.70. The SMILES string of the molecule is Cc1ccccc1C=C1SC(=S)N(c2ccc3c(c2)OCCO3)C1=O. The fourth-order valence-corrected chi connectivity index (χ4v) is 4.04. The van der Waals surface area contributed by atoms with Crippen molar-refractivity contribution in [1.29, 1.82) is 0 Å². The maximum absolute atomic E-state index is 12.9. The van der Waals surface area contributed by atoms with Crippen LogP contribution in [0.5, 0.6) is 11.5 Å². The number of anilines is 1. The fourth-order valence-electron chi connectivity index (χ4n) is 2.75. The molecule has 2 aliphatic rings. The zero-order chi connectivity index (χ0) is 17.4. The van der Waals surface area contributed by atoms with Crippen molar-refractivity contribution in [3.05, 3.63) is 58.5 Å². The maximum atomic E-state index is 12.9. The van der Waals surface area contributed by atoms with Crippen molar-refractivity contribution in [2.24, 2.45) is 0 Å². The van der Waals surface area contributed by atoms with Crippen molar-refractivity contribution in [1.82, 2.24) is 0 Å². The summed E-state index contributed by atoms with van der Waals surface area (Å²) in [5, 5.41) is 0. The summed E-state index contributed by atoms with van der Waals surface area (Å²) in [6, 6.07) is 13.4. The van der Waals surface area contributed by atoms with Gasteiger partial charge in [-0.2, -0.15) is 0 Å². The van der Waals surface area contributed by atoms with Gasteiger partial charge in [-0.05, 0) is 36.3 Å². The Morgan fingerprint density at radius 2 is 1.88 bits per heavy atom. The Labute approximate surface area is 155 Å². The number of thioether (sulfide) groups is 1. The van der Waals surface area contributed by atoms with Crippen LogP contribution in [0.1, 0.15) is 11.1 Å². The lowest BCUT2D eigenvalue weighted by atomic mass is 10.1. The van der Waals surface area contributed by atoms with E-state index < -0.39 is 0 Å². The Hall–Kier alpha value is -2.31. The van der Waals surface area contributed by atoms with Gasteiger partial charge in [0.15, 0.2) is 15.8 Å². The van der Waals surface area contributed by atoms with Gasteiger partial charge in [0.2, 0.25) is 0 Å². The number of benzene rings is 2. The quantitative estimate of drug-likeness (QED) is 0.587. The zero-order valence-electron chi connectivity index (χ0n) is 13.5. The Morgan fingerprint density at radius 1 is 1.12 bits per heavy atom. The molecule has 2 aromatic rings. The highest BCUT2D eigenvalue weighted by Gasteiger charge is 2.34. The Kier molecular flexibility index (Phi) is 4.23. The molecule has 6 heteroatoms. The summed E-state index contributed by atoms with van der Waals surface area (Å²) in [4.78, 5) is 15.0. The number of rotatable bonds is 2. The number of carbonyl (C=O) groups excluding carboxylic acids is 1. The van der Waals surface area contributed by atoms with Crippen LogP contribution in [0.4, 0.5) is 5.69 Å². The highest BCUT2D eigenvalue weighted by atomic mass is 32.2. The predicted molar refractivity (Wildman–Crippen MR) is 104 cm³/mol. The van der Waals surface area contributed by atoms with E-state index in [9.17, 15) is 4.79 Å². The molecule has 0 saturated carbocycles. The lowest BCUT2D eigenvalue weighted by molar-refractivity contribution is -0.113. The molecular weight excluding hydrogens is 354 g/mol. The second kappa shape index (κ2) is 6.54. The van der Waals surface area contributed by atoms with E-state index in [-0.39, 0.29) is 5.91 Å². The zero-order valence-corrected chi connectivity index (χ0v) is 15.2. The Morgan fingerprint density at radius 3 is 2.68 bits per heavy atom. The number of ether oxygens (including phenoxy) is 2. The first-order valence-electron chi connectivity index (χ1n) is 7.87. The van der Waals surface area contributed by atoms with E-state index in [1.54, 1.807) is 11.0 Å². The molecule has 25 heavy (non-hydrogen) atoms. The Bertz CT molecular complexity index is 907. The monoisotopic (exact) mass is 369 g/mol. The molecule has 0 radical (unpaired) electrons. The van der Waals surface area contributed by atoms with Crippen LogP contribution >= 0.6 is 24.0 Å². The average molecular weight is 369 g/mol. The van der Waals surface area contributed by atoms with Crippen molar-refractivity contribution < 1.29 is 14.3 Å². The summed E-state index contributed by atoms with van der Waals surface area (Å²) >= 11 is 6.75. The topological polar surface area (TPSA) is 38.8 Å². The van der Waals surface area contributed by atoms with Gasteiger partial charge in [0, 0.05) is 6.07 Å². The summed E-state index contributed by atoms with van der Waals surface area (Å²) in [6.07, 6.45) is 1.90. The van der Waals surface area contributed by atoms with Crippen molar-refractivity contribution in [2.75, 3.05) is 18.1 Å². The third-order valence-corrected chi connectivity index (χ3v) is 5.35. The number of hydrogen-bond acceptors (Lipinski definition) is 5. The molecule has 0 unspecified atom stereocenters. The van der Waals surface area contributed by atoms with Crippen molar-refractivity contribution >= 4 is 46.0 Å². The number of carbonyl (C=O) groups is 1. The predicted octanol–water partition coefficient (Wildman–Crippen LogP) is 4.17. The van der Waals surface area contributed by atoms with Crippen molar-refractivity contribution in [3.63, 3.8) is 0 Å². The van der Waals surface area contributed by atoms with Gasteiger partial charge in [0.1, 0.15) is 13.2 Å². The number of amides is 1. The second-order valence-corrected chi connectivity index (χ2v) is 7.38. The molecule has 0 bridgehead atoms. The molecule has 2 aliphatic heterocycles. The summed E-state index contributed by atoms with van der Waals surface area (Å²) in [5.41, 5.74) is 2.83. The molecule has 4 rings (SSSR count). The number of nitrogens with zero attached hydrogens (tertiary/aromatic N) is 1. The van der Waals surface area contributed by atoms with E-state index in [0.717, 1.165) is 11.1 Å². The molecular formula is C19H15NO3S2. The maximum Gasteiger partial charge on any atom is 0.270 e. The number of hydrogen-bond donors (Lipinski definition) is 0. The normalized spacial score (nSPS) is 18.1. The van der Waals surface area contributed by atoms with E-state index in [0.29, 0.717) is 39.6 Å². The van der Waals surface area contributed by atoms with Crippen LogP contribution in [0.15, 0.2) is 47.4 Å². The van der Waals surface area contributed by atoms with Crippen LogP contribution < -0.4 is 14.4 Å². The Balaban J connectivity index is 1.67. The lowest BCUT2D eigenvalue weighted by Crippen LogP contribution is -2.27. The fraction of sp³-hybridized carbons (Fsp3) is 0.158. The molecule has 0 N–H and O–H groups in total. The van der Waals surface area contributed by atoms with Crippen LogP contribution in [0.25, 0.3) is 6.08 Å². The van der Waals surface area contributed by atoms with E-state index >= 15 is 0 Å².